The second kappa shape index (κ2) is 15.9. The SMILES string of the molecule is COC(=O)N[C@H](C(=O)OCn1nc(C(C)=O)cc1C(=O)N(C[C@@H](O)C(=O)O)NCc1ccc(-c2cc(Cl)ccc2F)cc1)C(C)C. The van der Waals surface area contributed by atoms with Gasteiger partial charge < -0.3 is 25.0 Å². The quantitative estimate of drug-likeness (QED) is 0.113. The number of ether oxygens (including phenoxy) is 2. The van der Waals surface area contributed by atoms with E-state index in [-0.39, 0.29) is 23.5 Å². The van der Waals surface area contributed by atoms with Crippen molar-refractivity contribution in [2.45, 2.75) is 46.2 Å². The van der Waals surface area contributed by atoms with Gasteiger partial charge in [-0.15, -0.1) is 0 Å². The third-order valence-electron chi connectivity index (χ3n) is 6.62. The number of ketones is 1. The van der Waals surface area contributed by atoms with Gasteiger partial charge in [-0.05, 0) is 35.2 Å². The number of alkyl carbamates (subject to hydrolysis) is 1. The highest BCUT2D eigenvalue weighted by molar-refractivity contribution is 6.30. The predicted molar refractivity (Wildman–Crippen MR) is 161 cm³/mol. The molecule has 14 nitrogen and oxygen atoms in total. The number of carboxylic acids is 1. The van der Waals surface area contributed by atoms with E-state index in [2.05, 4.69) is 20.6 Å². The van der Waals surface area contributed by atoms with Gasteiger partial charge in [-0.3, -0.25) is 14.6 Å². The number of carbonyl (C=O) groups is 5. The lowest BCUT2D eigenvalue weighted by molar-refractivity contribution is -0.151. The van der Waals surface area contributed by atoms with Gasteiger partial charge in [0.25, 0.3) is 5.91 Å². The van der Waals surface area contributed by atoms with Gasteiger partial charge in [-0.2, -0.15) is 5.10 Å². The number of hydrazine groups is 1. The molecule has 3 rings (SSSR count). The number of nitrogens with zero attached hydrogens (tertiary/aromatic N) is 3. The van der Waals surface area contributed by atoms with Gasteiger partial charge >= 0.3 is 18.0 Å². The van der Waals surface area contributed by atoms with Crippen LogP contribution >= 0.6 is 11.6 Å². The summed E-state index contributed by atoms with van der Waals surface area (Å²) < 4.78 is 25.0. The molecular formula is C30H33ClFN5O9. The number of rotatable bonds is 14. The number of aliphatic hydroxyl groups excluding tert-OH is 1. The first-order valence-electron chi connectivity index (χ1n) is 13.8. The van der Waals surface area contributed by atoms with Crippen LogP contribution in [0.15, 0.2) is 48.5 Å². The summed E-state index contributed by atoms with van der Waals surface area (Å²) in [5, 5.41) is 26.9. The van der Waals surface area contributed by atoms with Crippen molar-refractivity contribution in [3.63, 3.8) is 0 Å². The van der Waals surface area contributed by atoms with E-state index >= 15 is 0 Å². The molecule has 2 atom stereocenters. The normalized spacial score (nSPS) is 12.3. The fourth-order valence-corrected chi connectivity index (χ4v) is 4.25. The fourth-order valence-electron chi connectivity index (χ4n) is 4.07. The molecule has 2 aromatic carbocycles. The maximum absolute atomic E-state index is 14.3. The van der Waals surface area contributed by atoms with Crippen molar-refractivity contribution in [3.8, 4) is 11.1 Å². The summed E-state index contributed by atoms with van der Waals surface area (Å²) in [7, 11) is 1.13. The van der Waals surface area contributed by atoms with Crippen LogP contribution in [-0.4, -0.2) is 80.5 Å². The van der Waals surface area contributed by atoms with Crippen LogP contribution in [0.2, 0.25) is 5.02 Å². The summed E-state index contributed by atoms with van der Waals surface area (Å²) in [5.41, 5.74) is 3.74. The highest BCUT2D eigenvalue weighted by Gasteiger charge is 2.29. The number of carbonyl (C=O) groups excluding carboxylic acids is 4. The number of aromatic nitrogens is 2. The van der Waals surface area contributed by atoms with Crippen molar-refractivity contribution in [2.75, 3.05) is 13.7 Å². The molecule has 0 fully saturated rings. The Labute approximate surface area is 268 Å². The van der Waals surface area contributed by atoms with E-state index in [0.29, 0.717) is 16.1 Å². The summed E-state index contributed by atoms with van der Waals surface area (Å²) in [6, 6.07) is 10.7. The fraction of sp³-hybridized carbons (Fsp3) is 0.333. The molecular weight excluding hydrogens is 629 g/mol. The number of Topliss-reactive ketones (excluding diaryl/α,β-unsaturated/α-hetero) is 1. The third-order valence-corrected chi connectivity index (χ3v) is 6.86. The number of aliphatic carboxylic acids is 1. The molecule has 0 bridgehead atoms. The largest absolute Gasteiger partial charge is 0.479 e. The second-order valence-corrected chi connectivity index (χ2v) is 10.8. The van der Waals surface area contributed by atoms with Gasteiger partial charge in [0.05, 0.1) is 13.7 Å². The van der Waals surface area contributed by atoms with Crippen LogP contribution in [0.3, 0.4) is 0 Å². The van der Waals surface area contributed by atoms with Crippen molar-refractivity contribution in [3.05, 3.63) is 76.3 Å². The molecule has 246 valence electrons. The average Bonchev–Trinajstić information content (AvgIpc) is 3.46. The molecule has 1 heterocycles. The number of amides is 2. The topological polar surface area (TPSA) is 189 Å². The summed E-state index contributed by atoms with van der Waals surface area (Å²) in [6.45, 7) is 3.08. The smallest absolute Gasteiger partial charge is 0.407 e. The van der Waals surface area contributed by atoms with E-state index < -0.39 is 66.9 Å². The number of aliphatic hydroxyl groups is 1. The standard InChI is InChI=1S/C30H33ClFN5O9/c1-16(2)26(34-30(44)45-4)29(43)46-15-37-24(12-23(35-37)17(3)38)27(40)36(14-25(39)28(41)42)33-13-18-5-7-19(8-6-18)21-11-20(31)9-10-22(21)32/h5-12,16,25-26,33,39H,13-15H2,1-4H3,(H,34,44)(H,41,42)/t25-,26+/m1/s1. The van der Waals surface area contributed by atoms with Gasteiger partial charge in [0.1, 0.15) is 23.2 Å². The Morgan fingerprint density at radius 2 is 1.76 bits per heavy atom. The van der Waals surface area contributed by atoms with Gasteiger partial charge in [0, 0.05) is 30.1 Å². The van der Waals surface area contributed by atoms with Crippen molar-refractivity contribution in [1.29, 1.82) is 0 Å². The number of hydrogen-bond acceptors (Lipinski definition) is 10. The van der Waals surface area contributed by atoms with Crippen LogP contribution in [0.25, 0.3) is 11.1 Å². The van der Waals surface area contributed by atoms with Gasteiger partial charge in [0.2, 0.25) is 0 Å². The maximum Gasteiger partial charge on any atom is 0.407 e. The molecule has 0 spiro atoms. The van der Waals surface area contributed by atoms with Crippen LogP contribution < -0.4 is 10.7 Å². The molecule has 0 aliphatic rings. The van der Waals surface area contributed by atoms with Crippen LogP contribution in [0.4, 0.5) is 9.18 Å². The zero-order valence-electron chi connectivity index (χ0n) is 25.3. The number of methoxy groups -OCH3 is 1. The molecule has 16 heteroatoms. The molecule has 0 radical (unpaired) electrons. The van der Waals surface area contributed by atoms with Crippen molar-refractivity contribution in [1.82, 2.24) is 25.5 Å². The second-order valence-electron chi connectivity index (χ2n) is 10.3. The lowest BCUT2D eigenvalue weighted by Gasteiger charge is -2.25. The first-order valence-corrected chi connectivity index (χ1v) is 14.2. The summed E-state index contributed by atoms with van der Waals surface area (Å²) in [5.74, 6) is -4.79. The van der Waals surface area contributed by atoms with Crippen molar-refractivity contribution < 1.29 is 48.0 Å². The maximum atomic E-state index is 14.3. The third kappa shape index (κ3) is 9.32. The zero-order chi connectivity index (χ0) is 34.1. The Hall–Kier alpha value is -4.86. The van der Waals surface area contributed by atoms with Crippen LogP contribution in [0, 0.1) is 11.7 Å². The number of carboxylic acid groups (broad SMARTS) is 1. The highest BCUT2D eigenvalue weighted by Crippen LogP contribution is 2.26. The van der Waals surface area contributed by atoms with Crippen LogP contribution in [0.1, 0.15) is 47.3 Å². The van der Waals surface area contributed by atoms with E-state index in [1.54, 1.807) is 38.1 Å². The van der Waals surface area contributed by atoms with E-state index in [1.807, 2.05) is 0 Å². The van der Waals surface area contributed by atoms with E-state index in [9.17, 15) is 38.6 Å². The Bertz CT molecular complexity index is 1600. The molecule has 4 N–H and O–H groups in total. The lowest BCUT2D eigenvalue weighted by Crippen LogP contribution is -2.49. The van der Waals surface area contributed by atoms with E-state index in [4.69, 9.17) is 16.3 Å². The Balaban J connectivity index is 1.84. The van der Waals surface area contributed by atoms with E-state index in [1.165, 1.54) is 25.1 Å². The van der Waals surface area contributed by atoms with Crippen molar-refractivity contribution >= 4 is 41.3 Å². The Kier molecular flexibility index (Phi) is 12.3. The first kappa shape index (κ1) is 35.6. The number of esters is 1. The van der Waals surface area contributed by atoms with E-state index in [0.717, 1.165) is 22.9 Å². The minimum absolute atomic E-state index is 0.0473. The minimum Gasteiger partial charge on any atom is -0.479 e. The number of hydrogen-bond donors (Lipinski definition) is 4. The van der Waals surface area contributed by atoms with Crippen LogP contribution in [-0.2, 0) is 32.3 Å². The van der Waals surface area contributed by atoms with Gasteiger partial charge in [0.15, 0.2) is 18.6 Å². The highest BCUT2D eigenvalue weighted by atomic mass is 35.5. The number of nitrogens with one attached hydrogen (secondary N) is 2. The molecule has 1 aromatic heterocycles. The lowest BCUT2D eigenvalue weighted by atomic mass is 10.0. The molecule has 46 heavy (non-hydrogen) atoms. The first-order chi connectivity index (χ1) is 21.7. The summed E-state index contributed by atoms with van der Waals surface area (Å²) in [4.78, 5) is 61.7. The minimum atomic E-state index is -2.00. The van der Waals surface area contributed by atoms with Crippen molar-refractivity contribution in [2.24, 2.45) is 5.92 Å². The zero-order valence-corrected chi connectivity index (χ0v) is 26.1. The summed E-state index contributed by atoms with van der Waals surface area (Å²) in [6.07, 6.45) is -2.86. The van der Waals surface area contributed by atoms with Crippen LogP contribution in [0.5, 0.6) is 0 Å². The number of benzene rings is 2. The number of halogens is 2. The monoisotopic (exact) mass is 661 g/mol. The molecule has 2 amide bonds. The summed E-state index contributed by atoms with van der Waals surface area (Å²) >= 11 is 6.00. The molecule has 0 saturated heterocycles. The predicted octanol–water partition coefficient (Wildman–Crippen LogP) is 3.02. The molecule has 0 aliphatic heterocycles. The van der Waals surface area contributed by atoms with Gasteiger partial charge in [-0.25, -0.2) is 28.9 Å². The molecule has 0 unspecified atom stereocenters. The Morgan fingerprint density at radius 1 is 1.09 bits per heavy atom. The molecule has 0 saturated carbocycles. The molecule has 0 aliphatic carbocycles. The Morgan fingerprint density at radius 3 is 2.35 bits per heavy atom. The van der Waals surface area contributed by atoms with Gasteiger partial charge in [-0.1, -0.05) is 49.7 Å². The average molecular weight is 662 g/mol. The molecule has 3 aromatic rings.